The van der Waals surface area contributed by atoms with Crippen LogP contribution in [0.4, 0.5) is 10.5 Å². The van der Waals surface area contributed by atoms with Gasteiger partial charge < -0.3 is 15.7 Å². The monoisotopic (exact) mass is 336 g/mol. The van der Waals surface area contributed by atoms with Gasteiger partial charge in [0.15, 0.2) is 0 Å². The van der Waals surface area contributed by atoms with Crippen molar-refractivity contribution in [1.82, 2.24) is 15.1 Å². The molecule has 1 saturated carbocycles. The third-order valence-electron chi connectivity index (χ3n) is 4.51. The molecule has 1 aliphatic rings. The number of hydrogen-bond acceptors (Lipinski definition) is 3. The molecule has 2 rings (SSSR count). The maximum absolute atomic E-state index is 12.3. The second kappa shape index (κ2) is 7.68. The van der Waals surface area contributed by atoms with Gasteiger partial charge in [-0.3, -0.25) is 9.48 Å². The Morgan fingerprint density at radius 3 is 2.62 bits per heavy atom. The van der Waals surface area contributed by atoms with Crippen molar-refractivity contribution in [2.75, 3.05) is 5.32 Å². The van der Waals surface area contributed by atoms with Crippen LogP contribution in [0.15, 0.2) is 6.20 Å². The second-order valence-electron chi connectivity index (χ2n) is 7.29. The Morgan fingerprint density at radius 1 is 1.33 bits per heavy atom. The van der Waals surface area contributed by atoms with Gasteiger partial charge in [0.05, 0.1) is 11.4 Å². The third-order valence-corrected chi connectivity index (χ3v) is 4.51. The van der Waals surface area contributed by atoms with Crippen LogP contribution in [-0.2, 0) is 11.8 Å². The standard InChI is InChI=1S/C17H28N4O3/c1-17(2,10-9-14(22)23)19-16(24)18-13-11-21(3)20-15(13)12-7-5-4-6-8-12/h11-12H,4-10H2,1-3H3,(H,22,23)(H2,18,19,24). The molecule has 7 nitrogen and oxygen atoms in total. The number of aliphatic carboxylic acids is 1. The molecular weight excluding hydrogens is 308 g/mol. The van der Waals surface area contributed by atoms with Crippen molar-refractivity contribution in [3.05, 3.63) is 11.9 Å². The van der Waals surface area contributed by atoms with E-state index >= 15 is 0 Å². The first-order valence-electron chi connectivity index (χ1n) is 8.61. The first-order valence-corrected chi connectivity index (χ1v) is 8.61. The molecule has 0 aliphatic heterocycles. The minimum atomic E-state index is -0.864. The SMILES string of the molecule is Cn1cc(NC(=O)NC(C)(C)CCC(=O)O)c(C2CCCCC2)n1. The average molecular weight is 336 g/mol. The Morgan fingerprint density at radius 2 is 2.00 bits per heavy atom. The van der Waals surface area contributed by atoms with Crippen LogP contribution in [0.2, 0.25) is 0 Å². The van der Waals surface area contributed by atoms with E-state index < -0.39 is 11.5 Å². The highest BCUT2D eigenvalue weighted by molar-refractivity contribution is 5.90. The Kier molecular flexibility index (Phi) is 5.85. The minimum absolute atomic E-state index is 0.0213. The fourth-order valence-electron chi connectivity index (χ4n) is 3.22. The van der Waals surface area contributed by atoms with Crippen LogP contribution in [0, 0.1) is 0 Å². The van der Waals surface area contributed by atoms with Gasteiger partial charge in [0.25, 0.3) is 0 Å². The maximum atomic E-state index is 12.3. The Hall–Kier alpha value is -2.05. The summed E-state index contributed by atoms with van der Waals surface area (Å²) in [6.45, 7) is 3.64. The zero-order valence-electron chi connectivity index (χ0n) is 14.8. The van der Waals surface area contributed by atoms with E-state index in [1.807, 2.05) is 27.1 Å². The summed E-state index contributed by atoms with van der Waals surface area (Å²) in [7, 11) is 1.85. The molecule has 0 atom stereocenters. The summed E-state index contributed by atoms with van der Waals surface area (Å²) in [5.41, 5.74) is 1.11. The van der Waals surface area contributed by atoms with Crippen LogP contribution in [0.3, 0.4) is 0 Å². The summed E-state index contributed by atoms with van der Waals surface area (Å²) in [5.74, 6) is -0.465. The van der Waals surface area contributed by atoms with Crippen molar-refractivity contribution in [2.24, 2.45) is 7.05 Å². The van der Waals surface area contributed by atoms with Gasteiger partial charge in [-0.15, -0.1) is 0 Å². The highest BCUT2D eigenvalue weighted by Gasteiger charge is 2.25. The molecule has 1 aliphatic carbocycles. The number of carboxylic acid groups (broad SMARTS) is 1. The fraction of sp³-hybridized carbons (Fsp3) is 0.706. The van der Waals surface area contributed by atoms with Crippen LogP contribution in [0.25, 0.3) is 0 Å². The summed E-state index contributed by atoms with van der Waals surface area (Å²) in [5, 5.41) is 19.1. The normalized spacial score (nSPS) is 16.0. The van der Waals surface area contributed by atoms with E-state index in [0.29, 0.717) is 12.3 Å². The van der Waals surface area contributed by atoms with Crippen molar-refractivity contribution < 1.29 is 14.7 Å². The number of urea groups is 1. The van der Waals surface area contributed by atoms with E-state index in [4.69, 9.17) is 5.11 Å². The quantitative estimate of drug-likeness (QED) is 0.743. The van der Waals surface area contributed by atoms with Gasteiger partial charge in [-0.05, 0) is 33.1 Å². The molecule has 1 aromatic rings. The highest BCUT2D eigenvalue weighted by Crippen LogP contribution is 2.35. The molecule has 1 aromatic heterocycles. The van der Waals surface area contributed by atoms with Gasteiger partial charge in [-0.25, -0.2) is 4.79 Å². The molecule has 0 aromatic carbocycles. The molecule has 3 N–H and O–H groups in total. The van der Waals surface area contributed by atoms with E-state index in [-0.39, 0.29) is 12.5 Å². The van der Waals surface area contributed by atoms with Crippen molar-refractivity contribution in [2.45, 2.75) is 70.3 Å². The summed E-state index contributed by atoms with van der Waals surface area (Å²) < 4.78 is 1.73. The number of carboxylic acids is 1. The first kappa shape index (κ1) is 18.3. The van der Waals surface area contributed by atoms with Crippen molar-refractivity contribution in [3.63, 3.8) is 0 Å². The van der Waals surface area contributed by atoms with Crippen LogP contribution in [0.1, 0.15) is 70.4 Å². The smallest absolute Gasteiger partial charge is 0.319 e. The predicted molar refractivity (Wildman–Crippen MR) is 92.1 cm³/mol. The molecule has 0 radical (unpaired) electrons. The molecule has 24 heavy (non-hydrogen) atoms. The molecule has 0 bridgehead atoms. The lowest BCUT2D eigenvalue weighted by Crippen LogP contribution is -2.45. The molecular formula is C17H28N4O3. The van der Waals surface area contributed by atoms with Crippen molar-refractivity contribution in [3.8, 4) is 0 Å². The number of hydrogen-bond donors (Lipinski definition) is 3. The van der Waals surface area contributed by atoms with Gasteiger partial charge in [0.1, 0.15) is 0 Å². The number of rotatable bonds is 6. The van der Waals surface area contributed by atoms with E-state index in [1.165, 1.54) is 19.3 Å². The molecule has 0 saturated heterocycles. The first-order chi connectivity index (χ1) is 11.3. The van der Waals surface area contributed by atoms with Crippen LogP contribution in [0.5, 0.6) is 0 Å². The molecule has 0 unspecified atom stereocenters. The molecule has 0 spiro atoms. The van der Waals surface area contributed by atoms with Gasteiger partial charge in [0.2, 0.25) is 0 Å². The van der Waals surface area contributed by atoms with E-state index in [0.717, 1.165) is 24.2 Å². The Balaban J connectivity index is 1.99. The van der Waals surface area contributed by atoms with Gasteiger partial charge >= 0.3 is 12.0 Å². The predicted octanol–water partition coefficient (Wildman–Crippen LogP) is 3.23. The lowest BCUT2D eigenvalue weighted by atomic mass is 9.86. The van der Waals surface area contributed by atoms with E-state index in [1.54, 1.807) is 4.68 Å². The van der Waals surface area contributed by atoms with Crippen molar-refractivity contribution in [1.29, 1.82) is 0 Å². The largest absolute Gasteiger partial charge is 0.481 e. The van der Waals surface area contributed by atoms with Crippen LogP contribution >= 0.6 is 0 Å². The molecule has 134 valence electrons. The summed E-state index contributed by atoms with van der Waals surface area (Å²) in [6.07, 6.45) is 8.11. The zero-order chi connectivity index (χ0) is 17.7. The van der Waals surface area contributed by atoms with Gasteiger partial charge in [-0.1, -0.05) is 19.3 Å². The topological polar surface area (TPSA) is 96.2 Å². The summed E-state index contributed by atoms with van der Waals surface area (Å²) in [6, 6.07) is -0.324. The number of nitrogens with one attached hydrogen (secondary N) is 2. The zero-order valence-corrected chi connectivity index (χ0v) is 14.8. The lowest BCUT2D eigenvalue weighted by molar-refractivity contribution is -0.137. The molecule has 7 heteroatoms. The number of carbonyl (C=O) groups is 2. The maximum Gasteiger partial charge on any atom is 0.319 e. The lowest BCUT2D eigenvalue weighted by Gasteiger charge is -2.26. The van der Waals surface area contributed by atoms with Crippen LogP contribution < -0.4 is 10.6 Å². The number of carbonyl (C=O) groups excluding carboxylic acids is 1. The Bertz CT molecular complexity index is 589. The summed E-state index contributed by atoms with van der Waals surface area (Å²) in [4.78, 5) is 23.0. The second-order valence-corrected chi connectivity index (χ2v) is 7.29. The number of aromatic nitrogens is 2. The number of aryl methyl sites for hydroxylation is 1. The Labute approximate surface area is 142 Å². The molecule has 2 amide bonds. The van der Waals surface area contributed by atoms with Crippen LogP contribution in [-0.4, -0.2) is 32.4 Å². The average Bonchev–Trinajstić information content (AvgIpc) is 2.86. The van der Waals surface area contributed by atoms with Gasteiger partial charge in [0, 0.05) is 31.1 Å². The molecule has 1 fully saturated rings. The number of anilines is 1. The van der Waals surface area contributed by atoms with Crippen molar-refractivity contribution >= 4 is 17.7 Å². The summed E-state index contributed by atoms with van der Waals surface area (Å²) >= 11 is 0. The highest BCUT2D eigenvalue weighted by atomic mass is 16.4. The fourth-order valence-corrected chi connectivity index (χ4v) is 3.22. The van der Waals surface area contributed by atoms with E-state index in [9.17, 15) is 9.59 Å². The molecule has 1 heterocycles. The van der Waals surface area contributed by atoms with Gasteiger partial charge in [-0.2, -0.15) is 5.10 Å². The third kappa shape index (κ3) is 5.25. The van der Waals surface area contributed by atoms with E-state index in [2.05, 4.69) is 15.7 Å². The number of nitrogens with zero attached hydrogens (tertiary/aromatic N) is 2. The number of amides is 2. The minimum Gasteiger partial charge on any atom is -0.481 e.